The van der Waals surface area contributed by atoms with E-state index in [1.54, 1.807) is 16.0 Å². The molecule has 0 spiro atoms. The monoisotopic (exact) mass is 488 g/mol. The highest BCUT2D eigenvalue weighted by atomic mass is 32.1. The molecule has 0 unspecified atom stereocenters. The van der Waals surface area contributed by atoms with Crippen LogP contribution >= 0.6 is 11.3 Å². The number of aromatic nitrogens is 2. The van der Waals surface area contributed by atoms with E-state index in [4.69, 9.17) is 0 Å². The number of nitrogens with zero attached hydrogens (tertiary/aromatic N) is 2. The van der Waals surface area contributed by atoms with E-state index in [0.29, 0.717) is 17.2 Å². The maximum Gasteiger partial charge on any atom is 0.354 e. The van der Waals surface area contributed by atoms with Crippen LogP contribution in [0.15, 0.2) is 0 Å². The van der Waals surface area contributed by atoms with Gasteiger partial charge in [-0.3, -0.25) is 4.68 Å². The molecule has 0 saturated heterocycles. The van der Waals surface area contributed by atoms with Gasteiger partial charge in [0.15, 0.2) is 0 Å². The number of thiophene rings is 1. The van der Waals surface area contributed by atoms with Gasteiger partial charge in [-0.15, -0.1) is 11.3 Å². The number of carboxylic acid groups (broad SMARTS) is 2. The van der Waals surface area contributed by atoms with Gasteiger partial charge in [0.05, 0.1) is 11.3 Å². The van der Waals surface area contributed by atoms with E-state index in [9.17, 15) is 19.8 Å². The van der Waals surface area contributed by atoms with E-state index in [-0.39, 0.29) is 16.9 Å². The highest BCUT2D eigenvalue weighted by Crippen LogP contribution is 2.43. The van der Waals surface area contributed by atoms with Gasteiger partial charge < -0.3 is 10.2 Å². The van der Waals surface area contributed by atoms with Gasteiger partial charge >= 0.3 is 11.9 Å². The number of aryl methyl sites for hydroxylation is 2. The van der Waals surface area contributed by atoms with Crippen LogP contribution in [0.5, 0.6) is 0 Å². The Labute approximate surface area is 207 Å². The predicted molar refractivity (Wildman–Crippen MR) is 137 cm³/mol. The standard InChI is InChI=1S/C14H20O2S.C13H20N2O2/c1-8(2)12-11(13(15)16)9-7-14(3,4)6-5-10(9)17-12;1-8(2)15-11(12(16)17)9-7-13(3,4)6-5-10(9)14-15/h8H,5-7H2,1-4H3,(H,15,16);8H,5-7H2,1-4H3,(H,16,17). The summed E-state index contributed by atoms with van der Waals surface area (Å²) in [6, 6.07) is 0.0924. The van der Waals surface area contributed by atoms with Crippen molar-refractivity contribution in [2.45, 2.75) is 106 Å². The highest BCUT2D eigenvalue weighted by molar-refractivity contribution is 7.12. The van der Waals surface area contributed by atoms with Crippen molar-refractivity contribution in [3.8, 4) is 0 Å². The molecule has 0 saturated carbocycles. The van der Waals surface area contributed by atoms with Gasteiger partial charge in [-0.1, -0.05) is 41.5 Å². The predicted octanol–water partition coefficient (Wildman–Crippen LogP) is 6.76. The van der Waals surface area contributed by atoms with Gasteiger partial charge in [0.25, 0.3) is 0 Å². The van der Waals surface area contributed by atoms with Gasteiger partial charge in [0.2, 0.25) is 0 Å². The molecule has 4 rings (SSSR count). The van der Waals surface area contributed by atoms with Gasteiger partial charge in [0.1, 0.15) is 5.69 Å². The molecular weight excluding hydrogens is 448 g/mol. The van der Waals surface area contributed by atoms with Crippen LogP contribution in [0.2, 0.25) is 0 Å². The SMILES string of the molecule is CC(C)c1sc2c(c1C(=O)O)CC(C)(C)CC2.CC(C)n1nc2c(c1C(=O)O)CC(C)(C)CC2. The van der Waals surface area contributed by atoms with Crippen LogP contribution in [0, 0.1) is 10.8 Å². The molecular formula is C27H40N2O4S. The minimum absolute atomic E-state index is 0.0924. The van der Waals surface area contributed by atoms with Crippen molar-refractivity contribution in [2.75, 3.05) is 0 Å². The summed E-state index contributed by atoms with van der Waals surface area (Å²) in [6.07, 6.45) is 5.90. The van der Waals surface area contributed by atoms with Gasteiger partial charge in [0, 0.05) is 21.4 Å². The zero-order valence-electron chi connectivity index (χ0n) is 21.9. The van der Waals surface area contributed by atoms with Crippen LogP contribution in [0.3, 0.4) is 0 Å². The normalized spacial score (nSPS) is 18.2. The molecule has 7 heteroatoms. The Morgan fingerprint density at radius 2 is 1.47 bits per heavy atom. The Hall–Kier alpha value is -2.15. The zero-order chi connectivity index (χ0) is 25.6. The highest BCUT2D eigenvalue weighted by Gasteiger charge is 2.34. The maximum atomic E-state index is 11.5. The summed E-state index contributed by atoms with van der Waals surface area (Å²) in [5.74, 6) is -1.30. The molecule has 0 atom stereocenters. The van der Waals surface area contributed by atoms with Crippen LogP contribution in [0.4, 0.5) is 0 Å². The molecule has 0 fully saturated rings. The molecule has 34 heavy (non-hydrogen) atoms. The maximum absolute atomic E-state index is 11.5. The summed E-state index contributed by atoms with van der Waals surface area (Å²) in [5.41, 5.74) is 4.46. The topological polar surface area (TPSA) is 92.4 Å². The first-order chi connectivity index (χ1) is 15.6. The Morgan fingerprint density at radius 3 is 1.97 bits per heavy atom. The van der Waals surface area contributed by atoms with E-state index in [2.05, 4.69) is 46.6 Å². The van der Waals surface area contributed by atoms with Crippen molar-refractivity contribution in [1.29, 1.82) is 0 Å². The molecule has 2 aromatic heterocycles. The number of carbonyl (C=O) groups is 2. The van der Waals surface area contributed by atoms with Crippen molar-refractivity contribution >= 4 is 23.3 Å². The van der Waals surface area contributed by atoms with E-state index < -0.39 is 11.9 Å². The molecule has 0 aliphatic heterocycles. The largest absolute Gasteiger partial charge is 0.478 e. The second-order valence-electron chi connectivity index (χ2n) is 12.0. The first kappa shape index (κ1) is 26.5. The van der Waals surface area contributed by atoms with Crippen LogP contribution in [0.25, 0.3) is 0 Å². The molecule has 2 aliphatic carbocycles. The summed E-state index contributed by atoms with van der Waals surface area (Å²) >= 11 is 1.72. The Balaban J connectivity index is 0.000000191. The molecule has 2 aliphatic rings. The van der Waals surface area contributed by atoms with Crippen molar-refractivity contribution in [2.24, 2.45) is 10.8 Å². The van der Waals surface area contributed by atoms with Crippen LogP contribution < -0.4 is 0 Å². The molecule has 188 valence electrons. The lowest BCUT2D eigenvalue weighted by atomic mass is 9.76. The molecule has 0 radical (unpaired) electrons. The van der Waals surface area contributed by atoms with Crippen LogP contribution in [-0.4, -0.2) is 31.9 Å². The summed E-state index contributed by atoms with van der Waals surface area (Å²) in [7, 11) is 0. The Morgan fingerprint density at radius 1 is 0.912 bits per heavy atom. The second-order valence-corrected chi connectivity index (χ2v) is 13.1. The third-order valence-electron chi connectivity index (χ3n) is 7.02. The summed E-state index contributed by atoms with van der Waals surface area (Å²) < 4.78 is 1.66. The molecule has 0 aromatic carbocycles. The van der Waals surface area contributed by atoms with Crippen molar-refractivity contribution < 1.29 is 19.8 Å². The lowest BCUT2D eigenvalue weighted by Gasteiger charge is -2.29. The fraction of sp³-hybridized carbons (Fsp3) is 0.667. The molecule has 0 amide bonds. The lowest BCUT2D eigenvalue weighted by Crippen LogP contribution is -2.23. The van der Waals surface area contributed by atoms with Gasteiger partial charge in [-0.2, -0.15) is 5.10 Å². The van der Waals surface area contributed by atoms with Crippen molar-refractivity contribution in [3.63, 3.8) is 0 Å². The van der Waals surface area contributed by atoms with Gasteiger partial charge in [-0.05, 0) is 74.7 Å². The fourth-order valence-electron chi connectivity index (χ4n) is 5.11. The van der Waals surface area contributed by atoms with E-state index in [1.807, 2.05) is 13.8 Å². The fourth-order valence-corrected chi connectivity index (χ4v) is 6.42. The molecule has 0 bridgehead atoms. The summed E-state index contributed by atoms with van der Waals surface area (Å²) in [5, 5.41) is 23.3. The van der Waals surface area contributed by atoms with Crippen LogP contribution in [0.1, 0.15) is 128 Å². The second kappa shape index (κ2) is 9.48. The number of aromatic carboxylic acids is 2. The van der Waals surface area contributed by atoms with Crippen molar-refractivity contribution in [1.82, 2.24) is 9.78 Å². The number of fused-ring (bicyclic) bond motifs is 2. The quantitative estimate of drug-likeness (QED) is 0.496. The molecule has 2 heterocycles. The van der Waals surface area contributed by atoms with Crippen molar-refractivity contribution in [3.05, 3.63) is 37.8 Å². The molecule has 2 aromatic rings. The Kier molecular flexibility index (Phi) is 7.38. The van der Waals surface area contributed by atoms with Crippen LogP contribution in [-0.2, 0) is 25.7 Å². The number of hydrogen-bond donors (Lipinski definition) is 2. The summed E-state index contributed by atoms with van der Waals surface area (Å²) in [4.78, 5) is 25.3. The Bertz CT molecular complexity index is 1000. The van der Waals surface area contributed by atoms with Gasteiger partial charge in [-0.25, -0.2) is 9.59 Å². The molecule has 6 nitrogen and oxygen atoms in total. The average Bonchev–Trinajstić information content (AvgIpc) is 3.25. The average molecular weight is 489 g/mol. The summed E-state index contributed by atoms with van der Waals surface area (Å²) in [6.45, 7) is 16.9. The minimum atomic E-state index is -0.856. The number of hydrogen-bond acceptors (Lipinski definition) is 4. The zero-order valence-corrected chi connectivity index (χ0v) is 22.7. The third-order valence-corrected chi connectivity index (χ3v) is 8.61. The minimum Gasteiger partial charge on any atom is -0.478 e. The first-order valence-corrected chi connectivity index (χ1v) is 13.2. The first-order valence-electron chi connectivity index (χ1n) is 12.3. The van der Waals surface area contributed by atoms with E-state index in [0.717, 1.165) is 60.2 Å². The number of rotatable bonds is 4. The smallest absolute Gasteiger partial charge is 0.354 e. The molecule has 2 N–H and O–H groups in total. The lowest BCUT2D eigenvalue weighted by molar-refractivity contribution is 0.0673. The third kappa shape index (κ3) is 5.40. The number of carboxylic acids is 2. The van der Waals surface area contributed by atoms with E-state index >= 15 is 0 Å². The van der Waals surface area contributed by atoms with E-state index in [1.165, 1.54) is 4.88 Å².